The SMILES string of the molecule is CC(=O)Nc1ccc(/C=C/C(=O)Nc2cc(C)ccc2C)cc1. The smallest absolute Gasteiger partial charge is 0.248 e. The average Bonchev–Trinajstić information content (AvgIpc) is 2.50. The summed E-state index contributed by atoms with van der Waals surface area (Å²) in [6.45, 7) is 5.41. The van der Waals surface area contributed by atoms with Gasteiger partial charge >= 0.3 is 0 Å². The van der Waals surface area contributed by atoms with Crippen LogP contribution < -0.4 is 10.6 Å². The van der Waals surface area contributed by atoms with Crippen molar-refractivity contribution >= 4 is 29.3 Å². The molecule has 0 saturated heterocycles. The van der Waals surface area contributed by atoms with Crippen molar-refractivity contribution in [3.63, 3.8) is 0 Å². The summed E-state index contributed by atoms with van der Waals surface area (Å²) in [6.07, 6.45) is 3.23. The highest BCUT2D eigenvalue weighted by atomic mass is 16.2. The lowest BCUT2D eigenvalue weighted by atomic mass is 10.1. The molecule has 0 atom stereocenters. The Morgan fingerprint density at radius 3 is 2.30 bits per heavy atom. The van der Waals surface area contributed by atoms with Gasteiger partial charge in [0.2, 0.25) is 11.8 Å². The van der Waals surface area contributed by atoms with Gasteiger partial charge in [-0.3, -0.25) is 9.59 Å². The van der Waals surface area contributed by atoms with E-state index in [0.717, 1.165) is 28.1 Å². The van der Waals surface area contributed by atoms with Gasteiger partial charge in [0.25, 0.3) is 0 Å². The fraction of sp³-hybridized carbons (Fsp3) is 0.158. The molecule has 0 radical (unpaired) electrons. The van der Waals surface area contributed by atoms with Gasteiger partial charge in [-0.15, -0.1) is 0 Å². The average molecular weight is 308 g/mol. The minimum atomic E-state index is -0.176. The van der Waals surface area contributed by atoms with E-state index in [1.54, 1.807) is 18.2 Å². The first-order valence-corrected chi connectivity index (χ1v) is 7.38. The Kier molecular flexibility index (Phi) is 5.31. The molecule has 0 heterocycles. The summed E-state index contributed by atoms with van der Waals surface area (Å²) in [5.41, 5.74) is 4.56. The van der Waals surface area contributed by atoms with Crippen molar-refractivity contribution in [3.05, 3.63) is 65.2 Å². The zero-order chi connectivity index (χ0) is 16.8. The van der Waals surface area contributed by atoms with E-state index in [4.69, 9.17) is 0 Å². The van der Waals surface area contributed by atoms with Gasteiger partial charge in [0.1, 0.15) is 0 Å². The van der Waals surface area contributed by atoms with Crippen molar-refractivity contribution in [2.45, 2.75) is 20.8 Å². The van der Waals surface area contributed by atoms with Crippen LogP contribution in [0.3, 0.4) is 0 Å². The third-order valence-electron chi connectivity index (χ3n) is 3.31. The summed E-state index contributed by atoms with van der Waals surface area (Å²) in [5, 5.41) is 5.57. The van der Waals surface area contributed by atoms with Crippen molar-refractivity contribution in [2.75, 3.05) is 10.6 Å². The van der Waals surface area contributed by atoms with Crippen molar-refractivity contribution < 1.29 is 9.59 Å². The minimum absolute atomic E-state index is 0.110. The monoisotopic (exact) mass is 308 g/mol. The molecule has 0 fully saturated rings. The molecule has 0 aliphatic heterocycles. The third-order valence-corrected chi connectivity index (χ3v) is 3.31. The molecule has 2 aromatic rings. The predicted molar refractivity (Wildman–Crippen MR) is 94.3 cm³/mol. The second kappa shape index (κ2) is 7.40. The molecule has 118 valence electrons. The fourth-order valence-corrected chi connectivity index (χ4v) is 2.10. The Labute approximate surface area is 136 Å². The van der Waals surface area contributed by atoms with Crippen LogP contribution in [-0.2, 0) is 9.59 Å². The van der Waals surface area contributed by atoms with E-state index < -0.39 is 0 Å². The lowest BCUT2D eigenvalue weighted by Gasteiger charge is -2.07. The standard InChI is InChI=1S/C19H20N2O2/c1-13-4-5-14(2)18(12-13)21-19(23)11-8-16-6-9-17(10-7-16)20-15(3)22/h4-12H,1-3H3,(H,20,22)(H,21,23)/b11-8+. The molecular formula is C19H20N2O2. The van der Waals surface area contributed by atoms with E-state index in [2.05, 4.69) is 10.6 Å². The van der Waals surface area contributed by atoms with Crippen LogP contribution >= 0.6 is 0 Å². The number of hydrogen-bond donors (Lipinski definition) is 2. The molecule has 2 aromatic carbocycles. The van der Waals surface area contributed by atoms with Crippen LogP contribution in [0, 0.1) is 13.8 Å². The fourth-order valence-electron chi connectivity index (χ4n) is 2.10. The molecule has 0 saturated carbocycles. The number of hydrogen-bond acceptors (Lipinski definition) is 2. The quantitative estimate of drug-likeness (QED) is 0.841. The van der Waals surface area contributed by atoms with E-state index in [1.165, 1.54) is 13.0 Å². The second-order valence-corrected chi connectivity index (χ2v) is 5.44. The van der Waals surface area contributed by atoms with Crippen molar-refractivity contribution in [2.24, 2.45) is 0 Å². The molecule has 0 aromatic heterocycles. The first kappa shape index (κ1) is 16.5. The zero-order valence-electron chi connectivity index (χ0n) is 13.5. The van der Waals surface area contributed by atoms with Gasteiger partial charge in [0.15, 0.2) is 0 Å². The number of benzene rings is 2. The van der Waals surface area contributed by atoms with E-state index in [9.17, 15) is 9.59 Å². The van der Waals surface area contributed by atoms with E-state index in [0.29, 0.717) is 0 Å². The number of rotatable bonds is 4. The third kappa shape index (κ3) is 5.11. The molecule has 2 N–H and O–H groups in total. The number of carbonyl (C=O) groups is 2. The molecule has 2 amide bonds. The van der Waals surface area contributed by atoms with Crippen LogP contribution in [0.2, 0.25) is 0 Å². The number of aryl methyl sites for hydroxylation is 2. The van der Waals surface area contributed by atoms with Crippen LogP contribution in [0.25, 0.3) is 6.08 Å². The highest BCUT2D eigenvalue weighted by Gasteiger charge is 2.02. The summed E-state index contributed by atoms with van der Waals surface area (Å²) >= 11 is 0. The Morgan fingerprint density at radius 2 is 1.65 bits per heavy atom. The van der Waals surface area contributed by atoms with Crippen LogP contribution in [0.1, 0.15) is 23.6 Å². The number of amides is 2. The molecule has 23 heavy (non-hydrogen) atoms. The van der Waals surface area contributed by atoms with Gasteiger partial charge in [0.05, 0.1) is 0 Å². The topological polar surface area (TPSA) is 58.2 Å². The van der Waals surface area contributed by atoms with Gasteiger partial charge in [0, 0.05) is 24.4 Å². The predicted octanol–water partition coefficient (Wildman–Crippen LogP) is 3.91. The van der Waals surface area contributed by atoms with Crippen molar-refractivity contribution in [1.29, 1.82) is 0 Å². The maximum Gasteiger partial charge on any atom is 0.248 e. The summed E-state index contributed by atoms with van der Waals surface area (Å²) in [7, 11) is 0. The van der Waals surface area contributed by atoms with Crippen molar-refractivity contribution in [3.8, 4) is 0 Å². The van der Waals surface area contributed by atoms with Crippen LogP contribution in [-0.4, -0.2) is 11.8 Å². The maximum atomic E-state index is 12.0. The van der Waals surface area contributed by atoms with Gasteiger partial charge in [-0.25, -0.2) is 0 Å². The van der Waals surface area contributed by atoms with Crippen molar-refractivity contribution in [1.82, 2.24) is 0 Å². The Hall–Kier alpha value is -2.88. The zero-order valence-corrected chi connectivity index (χ0v) is 13.5. The molecule has 2 rings (SSSR count). The van der Waals surface area contributed by atoms with E-state index in [1.807, 2.05) is 44.2 Å². The lowest BCUT2D eigenvalue weighted by Crippen LogP contribution is -2.09. The minimum Gasteiger partial charge on any atom is -0.326 e. The largest absolute Gasteiger partial charge is 0.326 e. The van der Waals surface area contributed by atoms with Gasteiger partial charge in [-0.05, 0) is 54.8 Å². The maximum absolute atomic E-state index is 12.0. The molecule has 0 bridgehead atoms. The second-order valence-electron chi connectivity index (χ2n) is 5.44. The van der Waals surface area contributed by atoms with Gasteiger partial charge in [-0.2, -0.15) is 0 Å². The Bertz CT molecular complexity index is 746. The molecule has 4 nitrogen and oxygen atoms in total. The summed E-state index contributed by atoms with van der Waals surface area (Å²) in [5.74, 6) is -0.286. The number of nitrogens with one attached hydrogen (secondary N) is 2. The first-order valence-electron chi connectivity index (χ1n) is 7.38. The van der Waals surface area contributed by atoms with Gasteiger partial charge in [-0.1, -0.05) is 24.3 Å². The summed E-state index contributed by atoms with van der Waals surface area (Å²) in [4.78, 5) is 23.0. The highest BCUT2D eigenvalue weighted by molar-refractivity contribution is 6.02. The Morgan fingerprint density at radius 1 is 0.957 bits per heavy atom. The highest BCUT2D eigenvalue weighted by Crippen LogP contribution is 2.16. The molecule has 0 spiro atoms. The van der Waals surface area contributed by atoms with Crippen LogP contribution in [0.4, 0.5) is 11.4 Å². The normalized spacial score (nSPS) is 10.6. The molecular weight excluding hydrogens is 288 g/mol. The Balaban J connectivity index is 2.00. The molecule has 4 heteroatoms. The summed E-state index contributed by atoms with van der Waals surface area (Å²) < 4.78 is 0. The molecule has 0 aliphatic rings. The summed E-state index contributed by atoms with van der Waals surface area (Å²) in [6, 6.07) is 13.2. The first-order chi connectivity index (χ1) is 10.9. The van der Waals surface area contributed by atoms with Gasteiger partial charge < -0.3 is 10.6 Å². The van der Waals surface area contributed by atoms with E-state index >= 15 is 0 Å². The lowest BCUT2D eigenvalue weighted by molar-refractivity contribution is -0.114. The van der Waals surface area contributed by atoms with Crippen LogP contribution in [0.5, 0.6) is 0 Å². The van der Waals surface area contributed by atoms with Crippen LogP contribution in [0.15, 0.2) is 48.5 Å². The molecule has 0 aliphatic carbocycles. The molecule has 0 unspecified atom stereocenters. The van der Waals surface area contributed by atoms with E-state index in [-0.39, 0.29) is 11.8 Å². The number of carbonyl (C=O) groups excluding carboxylic acids is 2. The number of anilines is 2.